The van der Waals surface area contributed by atoms with E-state index in [-0.39, 0.29) is 33.7 Å². The summed E-state index contributed by atoms with van der Waals surface area (Å²) in [6.07, 6.45) is 0. The Morgan fingerprint density at radius 1 is 1.03 bits per heavy atom. The quantitative estimate of drug-likeness (QED) is 0.662. The first-order valence-corrected chi connectivity index (χ1v) is 10.7. The van der Waals surface area contributed by atoms with Gasteiger partial charge >= 0.3 is 0 Å². The molecule has 0 spiro atoms. The number of benzene rings is 3. The highest BCUT2D eigenvalue weighted by molar-refractivity contribution is 7.90. The fourth-order valence-corrected chi connectivity index (χ4v) is 5.04. The Labute approximate surface area is 172 Å². The summed E-state index contributed by atoms with van der Waals surface area (Å²) in [6, 6.07) is 16.2. The van der Waals surface area contributed by atoms with Crippen LogP contribution in [0.4, 0.5) is 10.1 Å². The fraction of sp³-hybridized carbons (Fsp3) is 0.0952. The van der Waals surface area contributed by atoms with Crippen molar-refractivity contribution < 1.29 is 22.3 Å². The lowest BCUT2D eigenvalue weighted by Gasteiger charge is -2.19. The van der Waals surface area contributed by atoms with Crippen molar-refractivity contribution in [3.05, 3.63) is 77.1 Å². The smallest absolute Gasteiger partial charge is 0.262 e. The van der Waals surface area contributed by atoms with Crippen molar-refractivity contribution in [3.63, 3.8) is 0 Å². The molecule has 3 aromatic carbocycles. The van der Waals surface area contributed by atoms with Gasteiger partial charge in [-0.25, -0.2) is 12.8 Å². The molecule has 1 heterocycles. The number of fused-ring (bicyclic) bond motifs is 1. The van der Waals surface area contributed by atoms with Crippen LogP contribution in [-0.2, 0) is 20.4 Å². The number of carbonyl (C=O) groups is 1. The molecule has 0 saturated carbocycles. The van der Waals surface area contributed by atoms with Crippen molar-refractivity contribution >= 4 is 33.0 Å². The van der Waals surface area contributed by atoms with Crippen LogP contribution in [0.2, 0.25) is 5.02 Å². The number of halogens is 2. The molecule has 0 radical (unpaired) electrons. The second-order valence-corrected chi connectivity index (χ2v) is 8.91. The molecule has 0 aliphatic carbocycles. The lowest BCUT2D eigenvalue weighted by atomic mass is 10.0. The van der Waals surface area contributed by atoms with E-state index in [1.54, 1.807) is 6.07 Å². The van der Waals surface area contributed by atoms with Gasteiger partial charge in [0, 0.05) is 11.6 Å². The Hall–Kier alpha value is -2.90. The van der Waals surface area contributed by atoms with Crippen molar-refractivity contribution in [3.8, 4) is 16.9 Å². The van der Waals surface area contributed by atoms with Gasteiger partial charge < -0.3 is 10.1 Å². The highest BCUT2D eigenvalue weighted by Gasteiger charge is 2.26. The minimum absolute atomic E-state index is 0.0364. The summed E-state index contributed by atoms with van der Waals surface area (Å²) >= 11 is 6.15. The molecule has 0 fully saturated rings. The minimum Gasteiger partial charge on any atom is -0.482 e. The summed E-state index contributed by atoms with van der Waals surface area (Å²) in [5, 5.41) is 2.49. The Balaban J connectivity index is 1.70. The van der Waals surface area contributed by atoms with Crippen molar-refractivity contribution in [1.82, 2.24) is 0 Å². The first-order chi connectivity index (χ1) is 13.8. The Morgan fingerprint density at radius 2 is 1.79 bits per heavy atom. The van der Waals surface area contributed by atoms with E-state index in [0.717, 1.165) is 5.56 Å². The van der Waals surface area contributed by atoms with Gasteiger partial charge in [-0.05, 0) is 29.3 Å². The number of anilines is 1. The van der Waals surface area contributed by atoms with E-state index in [2.05, 4.69) is 5.32 Å². The highest BCUT2D eigenvalue weighted by Crippen LogP contribution is 2.37. The van der Waals surface area contributed by atoms with Gasteiger partial charge in [0.15, 0.2) is 16.4 Å². The molecule has 8 heteroatoms. The largest absolute Gasteiger partial charge is 0.482 e. The maximum atomic E-state index is 14.4. The highest BCUT2D eigenvalue weighted by atomic mass is 35.5. The van der Waals surface area contributed by atoms with Crippen molar-refractivity contribution in [2.45, 2.75) is 10.6 Å². The number of nitrogens with one attached hydrogen (secondary N) is 1. The summed E-state index contributed by atoms with van der Waals surface area (Å²) in [5.74, 6) is -1.34. The van der Waals surface area contributed by atoms with E-state index in [4.69, 9.17) is 16.3 Å². The van der Waals surface area contributed by atoms with Crippen LogP contribution in [0.15, 0.2) is 65.6 Å². The average Bonchev–Trinajstić information content (AvgIpc) is 2.69. The molecule has 0 saturated heterocycles. The summed E-state index contributed by atoms with van der Waals surface area (Å²) in [5.41, 5.74) is 1.89. The van der Waals surface area contributed by atoms with Gasteiger partial charge in [-0.1, -0.05) is 48.0 Å². The van der Waals surface area contributed by atoms with Gasteiger partial charge in [0.05, 0.1) is 21.4 Å². The Kier molecular flexibility index (Phi) is 5.02. The SMILES string of the molecule is O=C1COc2cc(S(=O)(=O)Cc3cc(-c4ccccc4)ccc3F)c(Cl)cc2N1. The predicted molar refractivity (Wildman–Crippen MR) is 108 cm³/mol. The summed E-state index contributed by atoms with van der Waals surface area (Å²) in [7, 11) is -3.98. The zero-order chi connectivity index (χ0) is 20.6. The number of amides is 1. The zero-order valence-electron chi connectivity index (χ0n) is 15.0. The number of carbonyl (C=O) groups excluding carboxylic acids is 1. The Morgan fingerprint density at radius 3 is 2.55 bits per heavy atom. The number of rotatable bonds is 4. The van der Waals surface area contributed by atoms with E-state index in [9.17, 15) is 17.6 Å². The molecule has 1 N–H and O–H groups in total. The zero-order valence-corrected chi connectivity index (χ0v) is 16.6. The molecule has 0 aromatic heterocycles. The maximum absolute atomic E-state index is 14.4. The molecule has 1 aliphatic heterocycles. The van der Waals surface area contributed by atoms with Crippen LogP contribution in [0.25, 0.3) is 11.1 Å². The minimum atomic E-state index is -3.98. The van der Waals surface area contributed by atoms with Crippen LogP contribution in [0, 0.1) is 5.82 Å². The molecule has 148 valence electrons. The van der Waals surface area contributed by atoms with Crippen LogP contribution < -0.4 is 10.1 Å². The van der Waals surface area contributed by atoms with Gasteiger partial charge in [-0.15, -0.1) is 0 Å². The monoisotopic (exact) mass is 431 g/mol. The van der Waals surface area contributed by atoms with E-state index in [0.29, 0.717) is 11.3 Å². The first-order valence-electron chi connectivity index (χ1n) is 8.66. The molecule has 1 amide bonds. The van der Waals surface area contributed by atoms with E-state index >= 15 is 0 Å². The third kappa shape index (κ3) is 3.97. The average molecular weight is 432 g/mol. The van der Waals surface area contributed by atoms with Gasteiger partial charge in [-0.2, -0.15) is 0 Å². The van der Waals surface area contributed by atoms with Gasteiger partial charge in [-0.3, -0.25) is 4.79 Å². The fourth-order valence-electron chi connectivity index (χ4n) is 3.10. The standard InChI is InChI=1S/C21H15ClFNO4S/c22-16-9-18-19(28-11-21(25)24-18)10-20(16)29(26,27)12-15-8-14(6-7-17(15)23)13-4-2-1-3-5-13/h1-10H,11-12H2,(H,24,25). The summed E-state index contributed by atoms with van der Waals surface area (Å²) in [4.78, 5) is 11.2. The van der Waals surface area contributed by atoms with Gasteiger partial charge in [0.1, 0.15) is 11.6 Å². The molecule has 3 aromatic rings. The lowest BCUT2D eigenvalue weighted by Crippen LogP contribution is -2.25. The Bertz CT molecular complexity index is 1210. The second-order valence-electron chi connectivity index (χ2n) is 6.55. The van der Waals surface area contributed by atoms with Crippen LogP contribution in [0.5, 0.6) is 5.75 Å². The second kappa shape index (κ2) is 7.50. The molecule has 0 atom stereocenters. The van der Waals surface area contributed by atoms with Crippen LogP contribution in [-0.4, -0.2) is 20.9 Å². The van der Waals surface area contributed by atoms with Crippen LogP contribution in [0.1, 0.15) is 5.56 Å². The van der Waals surface area contributed by atoms with E-state index in [1.165, 1.54) is 24.3 Å². The van der Waals surface area contributed by atoms with Crippen molar-refractivity contribution in [2.24, 2.45) is 0 Å². The van der Waals surface area contributed by atoms with Crippen molar-refractivity contribution in [2.75, 3.05) is 11.9 Å². The molecule has 29 heavy (non-hydrogen) atoms. The van der Waals surface area contributed by atoms with Crippen LogP contribution in [0.3, 0.4) is 0 Å². The lowest BCUT2D eigenvalue weighted by molar-refractivity contribution is -0.118. The molecular weight excluding hydrogens is 417 g/mol. The third-order valence-electron chi connectivity index (χ3n) is 4.50. The first kappa shape index (κ1) is 19.4. The van der Waals surface area contributed by atoms with E-state index < -0.39 is 21.4 Å². The predicted octanol–water partition coefficient (Wildman–Crippen LogP) is 4.45. The van der Waals surface area contributed by atoms with E-state index in [1.807, 2.05) is 30.3 Å². The molecule has 1 aliphatic rings. The number of ether oxygens (including phenoxy) is 1. The number of hydrogen-bond donors (Lipinski definition) is 1. The van der Waals surface area contributed by atoms with Gasteiger partial charge in [0.2, 0.25) is 0 Å². The summed E-state index contributed by atoms with van der Waals surface area (Å²) in [6.45, 7) is -0.220. The molecule has 5 nitrogen and oxygen atoms in total. The molecular formula is C21H15ClFNO4S. The van der Waals surface area contributed by atoms with Gasteiger partial charge in [0.25, 0.3) is 5.91 Å². The van der Waals surface area contributed by atoms with Crippen molar-refractivity contribution in [1.29, 1.82) is 0 Å². The number of hydrogen-bond acceptors (Lipinski definition) is 4. The number of sulfone groups is 1. The molecule has 4 rings (SSSR count). The van der Waals surface area contributed by atoms with Crippen LogP contribution >= 0.6 is 11.6 Å². The third-order valence-corrected chi connectivity index (χ3v) is 6.62. The molecule has 0 bridgehead atoms. The maximum Gasteiger partial charge on any atom is 0.262 e. The normalized spacial score (nSPS) is 13.4. The molecule has 0 unspecified atom stereocenters. The topological polar surface area (TPSA) is 72.5 Å². The summed E-state index contributed by atoms with van der Waals surface area (Å²) < 4.78 is 45.6.